The summed E-state index contributed by atoms with van der Waals surface area (Å²) in [6.45, 7) is 1.19. The van der Waals surface area contributed by atoms with Crippen molar-refractivity contribution in [2.75, 3.05) is 27.7 Å². The molecule has 1 aromatic heterocycles. The Labute approximate surface area is 216 Å². The first-order valence-corrected chi connectivity index (χ1v) is 10.6. The highest BCUT2D eigenvalue weighted by Crippen LogP contribution is 2.20. The monoisotopic (exact) mass is 577 g/mol. The molecule has 1 heterocycles. The number of nitrogens with zero attached hydrogens (tertiary/aromatic N) is 3. The van der Waals surface area contributed by atoms with Crippen molar-refractivity contribution in [3.05, 3.63) is 89.4 Å². The molecule has 9 heteroatoms. The molecule has 0 radical (unpaired) electrons. The molecule has 180 valence electrons. The molecule has 0 spiro atoms. The Morgan fingerprint density at radius 2 is 1.85 bits per heavy atom. The third-order valence-corrected chi connectivity index (χ3v) is 4.79. The number of hydrogen-bond donors (Lipinski definition) is 2. The standard InChI is InChI=1S/C25H28FN5O2.HI/c1-27-25(28-13-12-18-6-4-7-20(14-18)24(32)31(2)3)30-17-19-10-11-23(29-16-19)33-22-9-5-8-21(26)15-22;/h4-11,14-16H,12-13,17H2,1-3H3,(H2,27,28,30);1H. The maximum absolute atomic E-state index is 13.3. The fourth-order valence-electron chi connectivity index (χ4n) is 3.08. The molecule has 1 amide bonds. The van der Waals surface area contributed by atoms with Gasteiger partial charge in [-0.05, 0) is 41.8 Å². The lowest BCUT2D eigenvalue weighted by Crippen LogP contribution is -2.37. The van der Waals surface area contributed by atoms with Crippen molar-refractivity contribution in [3.63, 3.8) is 0 Å². The topological polar surface area (TPSA) is 78.9 Å². The molecule has 0 saturated heterocycles. The van der Waals surface area contributed by atoms with Crippen LogP contribution in [0.2, 0.25) is 0 Å². The minimum absolute atomic E-state index is 0. The Morgan fingerprint density at radius 3 is 2.53 bits per heavy atom. The smallest absolute Gasteiger partial charge is 0.253 e. The molecular weight excluding hydrogens is 548 g/mol. The zero-order valence-corrected chi connectivity index (χ0v) is 21.7. The summed E-state index contributed by atoms with van der Waals surface area (Å²) < 4.78 is 18.8. The van der Waals surface area contributed by atoms with E-state index in [1.807, 2.05) is 30.3 Å². The van der Waals surface area contributed by atoms with Crippen LogP contribution >= 0.6 is 24.0 Å². The lowest BCUT2D eigenvalue weighted by molar-refractivity contribution is 0.0827. The summed E-state index contributed by atoms with van der Waals surface area (Å²) in [6, 6.07) is 17.2. The van der Waals surface area contributed by atoms with E-state index in [0.717, 1.165) is 17.5 Å². The van der Waals surface area contributed by atoms with E-state index in [0.29, 0.717) is 36.2 Å². The van der Waals surface area contributed by atoms with Crippen LogP contribution < -0.4 is 15.4 Å². The first-order valence-electron chi connectivity index (χ1n) is 10.6. The van der Waals surface area contributed by atoms with E-state index in [1.165, 1.54) is 12.1 Å². The van der Waals surface area contributed by atoms with E-state index in [2.05, 4.69) is 20.6 Å². The molecule has 7 nitrogen and oxygen atoms in total. The van der Waals surface area contributed by atoms with Crippen LogP contribution in [0.1, 0.15) is 21.5 Å². The molecule has 34 heavy (non-hydrogen) atoms. The van der Waals surface area contributed by atoms with Gasteiger partial charge in [-0.3, -0.25) is 9.79 Å². The summed E-state index contributed by atoms with van der Waals surface area (Å²) >= 11 is 0. The van der Waals surface area contributed by atoms with Gasteiger partial charge < -0.3 is 20.3 Å². The Balaban J connectivity index is 0.00000408. The number of benzene rings is 2. The summed E-state index contributed by atoms with van der Waals surface area (Å²) in [7, 11) is 5.19. The average molecular weight is 577 g/mol. The van der Waals surface area contributed by atoms with Crippen LogP contribution in [0, 0.1) is 5.82 Å². The van der Waals surface area contributed by atoms with Crippen LogP contribution in [0.5, 0.6) is 11.6 Å². The number of ether oxygens (including phenoxy) is 1. The van der Waals surface area contributed by atoms with E-state index in [-0.39, 0.29) is 35.7 Å². The molecule has 0 fully saturated rings. The van der Waals surface area contributed by atoms with Gasteiger partial charge in [-0.15, -0.1) is 24.0 Å². The van der Waals surface area contributed by atoms with E-state index in [9.17, 15) is 9.18 Å². The van der Waals surface area contributed by atoms with Gasteiger partial charge in [0, 0.05) is 58.1 Å². The zero-order valence-electron chi connectivity index (χ0n) is 19.4. The Kier molecular flexibility index (Phi) is 10.7. The van der Waals surface area contributed by atoms with Crippen molar-refractivity contribution in [1.29, 1.82) is 0 Å². The van der Waals surface area contributed by atoms with Gasteiger partial charge in [0.1, 0.15) is 11.6 Å². The molecule has 0 aliphatic carbocycles. The molecule has 2 N–H and O–H groups in total. The second-order valence-corrected chi connectivity index (χ2v) is 7.57. The van der Waals surface area contributed by atoms with E-state index in [1.54, 1.807) is 50.4 Å². The number of aliphatic imine (C=N–C) groups is 1. The highest BCUT2D eigenvalue weighted by Gasteiger charge is 2.08. The average Bonchev–Trinajstić information content (AvgIpc) is 2.82. The second-order valence-electron chi connectivity index (χ2n) is 7.57. The molecule has 0 saturated carbocycles. The highest BCUT2D eigenvalue weighted by molar-refractivity contribution is 14.0. The van der Waals surface area contributed by atoms with Crippen molar-refractivity contribution in [2.24, 2.45) is 4.99 Å². The zero-order chi connectivity index (χ0) is 23.6. The second kappa shape index (κ2) is 13.5. The van der Waals surface area contributed by atoms with Crippen LogP contribution in [-0.4, -0.2) is 49.4 Å². The Bertz CT molecular complexity index is 1110. The van der Waals surface area contributed by atoms with Crippen LogP contribution in [0.15, 0.2) is 71.9 Å². The van der Waals surface area contributed by atoms with Gasteiger partial charge in [0.25, 0.3) is 5.91 Å². The number of nitrogens with one attached hydrogen (secondary N) is 2. The molecular formula is C25H29FIN5O2. The fourth-order valence-corrected chi connectivity index (χ4v) is 3.08. The van der Waals surface area contributed by atoms with Gasteiger partial charge in [-0.25, -0.2) is 9.37 Å². The molecule has 0 bridgehead atoms. The summed E-state index contributed by atoms with van der Waals surface area (Å²) in [4.78, 5) is 22.2. The lowest BCUT2D eigenvalue weighted by Gasteiger charge is -2.13. The minimum atomic E-state index is -0.359. The van der Waals surface area contributed by atoms with Gasteiger partial charge in [0.05, 0.1) is 0 Å². The van der Waals surface area contributed by atoms with Gasteiger partial charge >= 0.3 is 0 Å². The number of halogens is 2. The van der Waals surface area contributed by atoms with Crippen molar-refractivity contribution < 1.29 is 13.9 Å². The van der Waals surface area contributed by atoms with Gasteiger partial charge in [-0.1, -0.05) is 24.3 Å². The largest absolute Gasteiger partial charge is 0.439 e. The number of carbonyl (C=O) groups excluding carboxylic acids is 1. The molecule has 3 rings (SSSR count). The van der Waals surface area contributed by atoms with Crippen LogP contribution in [0.4, 0.5) is 4.39 Å². The van der Waals surface area contributed by atoms with Crippen LogP contribution in [0.25, 0.3) is 0 Å². The Hall–Kier alpha value is -3.21. The fraction of sp³-hybridized carbons (Fsp3) is 0.240. The normalized spacial score (nSPS) is 10.8. The molecule has 0 unspecified atom stereocenters. The van der Waals surface area contributed by atoms with E-state index >= 15 is 0 Å². The maximum atomic E-state index is 13.3. The predicted octanol–water partition coefficient (Wildman–Crippen LogP) is 4.24. The lowest BCUT2D eigenvalue weighted by atomic mass is 10.1. The van der Waals surface area contributed by atoms with Gasteiger partial charge in [0.15, 0.2) is 5.96 Å². The van der Waals surface area contributed by atoms with Crippen molar-refractivity contribution in [2.45, 2.75) is 13.0 Å². The summed E-state index contributed by atoms with van der Waals surface area (Å²) in [5.74, 6) is 1.08. The van der Waals surface area contributed by atoms with Crippen molar-refractivity contribution >= 4 is 35.8 Å². The third kappa shape index (κ3) is 8.29. The third-order valence-electron chi connectivity index (χ3n) is 4.79. The first-order chi connectivity index (χ1) is 15.9. The number of pyridine rings is 1. The van der Waals surface area contributed by atoms with E-state index in [4.69, 9.17) is 4.74 Å². The number of rotatable bonds is 8. The molecule has 2 aromatic carbocycles. The SMILES string of the molecule is CN=C(NCCc1cccc(C(=O)N(C)C)c1)NCc1ccc(Oc2cccc(F)c2)nc1.I. The maximum Gasteiger partial charge on any atom is 0.253 e. The van der Waals surface area contributed by atoms with Gasteiger partial charge in [-0.2, -0.15) is 0 Å². The highest BCUT2D eigenvalue weighted by atomic mass is 127. The first kappa shape index (κ1) is 27.0. The summed E-state index contributed by atoms with van der Waals surface area (Å²) in [5.41, 5.74) is 2.69. The number of amides is 1. The summed E-state index contributed by atoms with van der Waals surface area (Å²) in [5, 5.41) is 6.51. The predicted molar refractivity (Wildman–Crippen MR) is 142 cm³/mol. The molecule has 0 atom stereocenters. The Morgan fingerprint density at radius 1 is 1.06 bits per heavy atom. The van der Waals surface area contributed by atoms with Crippen molar-refractivity contribution in [1.82, 2.24) is 20.5 Å². The van der Waals surface area contributed by atoms with Crippen LogP contribution in [0.3, 0.4) is 0 Å². The van der Waals surface area contributed by atoms with Gasteiger partial charge in [0.2, 0.25) is 5.88 Å². The molecule has 0 aliphatic rings. The molecule has 0 aliphatic heterocycles. The number of aromatic nitrogens is 1. The van der Waals surface area contributed by atoms with Crippen molar-refractivity contribution in [3.8, 4) is 11.6 Å². The van der Waals surface area contributed by atoms with Crippen LogP contribution in [-0.2, 0) is 13.0 Å². The molecule has 3 aromatic rings. The van der Waals surface area contributed by atoms with E-state index < -0.39 is 0 Å². The minimum Gasteiger partial charge on any atom is -0.439 e. The number of hydrogen-bond acceptors (Lipinski definition) is 4. The number of guanidine groups is 1. The quantitative estimate of drug-likeness (QED) is 0.238. The number of carbonyl (C=O) groups is 1. The summed E-state index contributed by atoms with van der Waals surface area (Å²) in [6.07, 6.45) is 2.45.